The zero-order chi connectivity index (χ0) is 23.0. The first-order valence-corrected chi connectivity index (χ1v) is 12.2. The second-order valence-electron chi connectivity index (χ2n) is 7.78. The van der Waals surface area contributed by atoms with Crippen molar-refractivity contribution >= 4 is 31.9 Å². The molecule has 0 amide bonds. The highest BCUT2D eigenvalue weighted by atomic mass is 79.9. The second-order valence-corrected chi connectivity index (χ2v) is 10.2. The first-order valence-electron chi connectivity index (χ1n) is 9.96. The number of rotatable bonds is 12. The molecule has 10 heteroatoms. The fourth-order valence-electron chi connectivity index (χ4n) is 3.17. The van der Waals surface area contributed by atoms with Crippen molar-refractivity contribution in [2.75, 3.05) is 13.1 Å². The number of nitrogens with one attached hydrogen (secondary N) is 1. The van der Waals surface area contributed by atoms with Crippen LogP contribution in [0.3, 0.4) is 0 Å². The number of nitro benzene ring substituents is 1. The van der Waals surface area contributed by atoms with Crippen LogP contribution < -0.4 is 4.34 Å². The van der Waals surface area contributed by atoms with Crippen LogP contribution in [0, 0.1) is 16.0 Å². The van der Waals surface area contributed by atoms with Gasteiger partial charge in [-0.25, -0.2) is 8.42 Å². The van der Waals surface area contributed by atoms with Crippen LogP contribution in [-0.2, 0) is 23.1 Å². The molecular weight excluding hydrogens is 486 g/mol. The smallest absolute Gasteiger partial charge is 0.269 e. The summed E-state index contributed by atoms with van der Waals surface area (Å²) < 4.78 is 30.9. The Bertz CT molecular complexity index is 950. The van der Waals surface area contributed by atoms with Crippen LogP contribution >= 0.6 is 16.1 Å². The van der Waals surface area contributed by atoms with Crippen molar-refractivity contribution in [2.24, 2.45) is 5.92 Å². The highest BCUT2D eigenvalue weighted by Crippen LogP contribution is 2.20. The first kappa shape index (κ1) is 25.4. The summed E-state index contributed by atoms with van der Waals surface area (Å²) >= 11 is 3.27. The van der Waals surface area contributed by atoms with Crippen LogP contribution in [0.25, 0.3) is 0 Å². The van der Waals surface area contributed by atoms with E-state index in [0.29, 0.717) is 31.5 Å². The fourth-order valence-corrected chi connectivity index (χ4v) is 5.18. The van der Waals surface area contributed by atoms with E-state index in [-0.39, 0.29) is 29.1 Å². The van der Waals surface area contributed by atoms with Crippen molar-refractivity contribution in [2.45, 2.75) is 44.2 Å². The van der Waals surface area contributed by atoms with Gasteiger partial charge in [-0.3, -0.25) is 14.5 Å². The molecule has 0 aliphatic carbocycles. The highest BCUT2D eigenvalue weighted by molar-refractivity contribution is 9.08. The van der Waals surface area contributed by atoms with E-state index in [4.69, 9.17) is 0 Å². The largest absolute Gasteiger partial charge is 0.392 e. The van der Waals surface area contributed by atoms with Crippen molar-refractivity contribution in [1.82, 2.24) is 8.65 Å². The van der Waals surface area contributed by atoms with E-state index in [0.717, 1.165) is 5.56 Å². The van der Waals surface area contributed by atoms with E-state index in [1.165, 1.54) is 28.6 Å². The van der Waals surface area contributed by atoms with E-state index in [9.17, 15) is 23.6 Å². The molecule has 0 saturated carbocycles. The third kappa shape index (κ3) is 7.36. The number of aliphatic hydroxyl groups excluding tert-OH is 1. The molecule has 170 valence electrons. The van der Waals surface area contributed by atoms with Crippen molar-refractivity contribution in [3.63, 3.8) is 0 Å². The third-order valence-corrected chi connectivity index (χ3v) is 7.35. The quantitative estimate of drug-likeness (QED) is 0.254. The van der Waals surface area contributed by atoms with Gasteiger partial charge in [0, 0.05) is 47.4 Å². The molecule has 8 nitrogen and oxygen atoms in total. The molecule has 0 heterocycles. The van der Waals surface area contributed by atoms with E-state index in [1.807, 2.05) is 13.8 Å². The Morgan fingerprint density at radius 2 is 1.68 bits per heavy atom. The summed E-state index contributed by atoms with van der Waals surface area (Å²) in [4.78, 5) is 10.6. The van der Waals surface area contributed by atoms with Crippen molar-refractivity contribution < 1.29 is 18.4 Å². The monoisotopic (exact) mass is 513 g/mol. The maximum absolute atomic E-state index is 13.2. The van der Waals surface area contributed by atoms with Crippen LogP contribution in [0.2, 0.25) is 0 Å². The average molecular weight is 514 g/mol. The first-order chi connectivity index (χ1) is 14.7. The molecule has 0 aromatic heterocycles. The lowest BCUT2D eigenvalue weighted by molar-refractivity contribution is -0.384. The summed E-state index contributed by atoms with van der Waals surface area (Å²) in [5.74, 6) is 0.150. The van der Waals surface area contributed by atoms with Gasteiger partial charge >= 0.3 is 0 Å². The number of sulfonamides is 1. The summed E-state index contributed by atoms with van der Waals surface area (Å²) in [7, 11) is -3.68. The predicted octanol–water partition coefficient (Wildman–Crippen LogP) is 3.63. The van der Waals surface area contributed by atoms with Gasteiger partial charge in [0.05, 0.1) is 16.4 Å². The van der Waals surface area contributed by atoms with E-state index < -0.39 is 14.9 Å². The lowest BCUT2D eigenvalue weighted by Gasteiger charge is -2.26. The summed E-state index contributed by atoms with van der Waals surface area (Å²) in [6.07, 6.45) is 1.13. The van der Waals surface area contributed by atoms with Gasteiger partial charge in [-0.1, -0.05) is 38.1 Å². The number of benzene rings is 2. The summed E-state index contributed by atoms with van der Waals surface area (Å²) in [5, 5.41) is 20.0. The van der Waals surface area contributed by atoms with Crippen LogP contribution in [0.4, 0.5) is 5.69 Å². The van der Waals surface area contributed by atoms with Gasteiger partial charge < -0.3 is 5.11 Å². The molecule has 0 fully saturated rings. The van der Waals surface area contributed by atoms with E-state index in [2.05, 4.69) is 20.5 Å². The Kier molecular flexibility index (Phi) is 9.57. The topological polar surface area (TPSA) is 113 Å². The Balaban J connectivity index is 2.12. The fraction of sp³-hybridized carbons (Fsp3) is 0.429. The Morgan fingerprint density at radius 1 is 1.10 bits per heavy atom. The van der Waals surface area contributed by atoms with Gasteiger partial charge in [0.1, 0.15) is 0 Å². The van der Waals surface area contributed by atoms with Gasteiger partial charge in [0.25, 0.3) is 5.69 Å². The molecule has 0 aliphatic rings. The minimum absolute atomic E-state index is 0.0357. The second kappa shape index (κ2) is 11.7. The molecule has 0 saturated heterocycles. The zero-order valence-electron chi connectivity index (χ0n) is 17.6. The van der Waals surface area contributed by atoms with E-state index in [1.54, 1.807) is 24.3 Å². The molecule has 0 unspecified atom stereocenters. The summed E-state index contributed by atoms with van der Waals surface area (Å²) in [5.41, 5.74) is 1.61. The third-order valence-electron chi connectivity index (χ3n) is 4.82. The standard InChI is InChI=1S/C21H28BrN3O5S/c1-16(2)14-24(31(29,30)21-9-5-18(15-26)6-10-21)12-11-19(23-22)13-17-3-7-20(8-4-17)25(27)28/h3-10,16,19,23,26H,11-15H2,1-2H3/t19-/m1/s1. The number of hydrogen-bond donors (Lipinski definition) is 2. The average Bonchev–Trinajstić information content (AvgIpc) is 2.75. The zero-order valence-corrected chi connectivity index (χ0v) is 20.0. The van der Waals surface area contributed by atoms with Gasteiger partial charge in [0.2, 0.25) is 10.0 Å². The SMILES string of the molecule is CC(C)CN(CC[C@H](Cc1ccc([N+](=O)[O-])cc1)NBr)S(=O)(=O)c1ccc(CO)cc1. The maximum Gasteiger partial charge on any atom is 0.269 e. The number of hydrogen-bond acceptors (Lipinski definition) is 6. The molecule has 31 heavy (non-hydrogen) atoms. The highest BCUT2D eigenvalue weighted by Gasteiger charge is 2.26. The van der Waals surface area contributed by atoms with E-state index >= 15 is 0 Å². The van der Waals surface area contributed by atoms with Crippen LogP contribution in [-0.4, -0.2) is 41.9 Å². The molecule has 1 atom stereocenters. The lowest BCUT2D eigenvalue weighted by atomic mass is 10.0. The molecular formula is C21H28BrN3O5S. The van der Waals surface area contributed by atoms with Gasteiger partial charge in [-0.2, -0.15) is 4.31 Å². The van der Waals surface area contributed by atoms with Crippen LogP contribution in [0.15, 0.2) is 53.4 Å². The minimum atomic E-state index is -3.68. The van der Waals surface area contributed by atoms with Gasteiger partial charge in [-0.15, -0.1) is 0 Å². The van der Waals surface area contributed by atoms with Crippen molar-refractivity contribution in [3.05, 3.63) is 69.8 Å². The molecule has 2 aromatic rings. The number of nitrogens with zero attached hydrogens (tertiary/aromatic N) is 2. The number of nitro groups is 1. The molecule has 0 aliphatic heterocycles. The molecule has 0 radical (unpaired) electrons. The normalized spacial score (nSPS) is 13.0. The summed E-state index contributed by atoms with van der Waals surface area (Å²) in [6.45, 7) is 4.50. The molecule has 2 aromatic carbocycles. The predicted molar refractivity (Wildman–Crippen MR) is 123 cm³/mol. The van der Waals surface area contributed by atoms with Crippen molar-refractivity contribution in [1.29, 1.82) is 0 Å². The molecule has 2 N–H and O–H groups in total. The Morgan fingerprint density at radius 3 is 2.16 bits per heavy atom. The van der Waals surface area contributed by atoms with Gasteiger partial charge in [0.15, 0.2) is 0 Å². The molecule has 0 spiro atoms. The van der Waals surface area contributed by atoms with Crippen molar-refractivity contribution in [3.8, 4) is 0 Å². The number of halogens is 1. The van der Waals surface area contributed by atoms with Gasteiger partial charge in [-0.05, 0) is 42.0 Å². The van der Waals surface area contributed by atoms with Crippen LogP contribution in [0.1, 0.15) is 31.4 Å². The Labute approximate surface area is 191 Å². The Hall–Kier alpha value is -1.85. The molecule has 2 rings (SSSR count). The minimum Gasteiger partial charge on any atom is -0.392 e. The number of non-ortho nitro benzene ring substituents is 1. The van der Waals surface area contributed by atoms with Crippen LogP contribution in [0.5, 0.6) is 0 Å². The maximum atomic E-state index is 13.2. The molecule has 0 bridgehead atoms. The lowest BCUT2D eigenvalue weighted by Crippen LogP contribution is -2.38. The number of aliphatic hydroxyl groups is 1. The summed E-state index contributed by atoms with van der Waals surface area (Å²) in [6, 6.07) is 12.5.